The van der Waals surface area contributed by atoms with Crippen molar-refractivity contribution in [3.05, 3.63) is 34.9 Å². The summed E-state index contributed by atoms with van der Waals surface area (Å²) >= 11 is 7.34. The van der Waals surface area contributed by atoms with Crippen molar-refractivity contribution in [1.29, 1.82) is 0 Å². The monoisotopic (exact) mass is 463 g/mol. The highest BCUT2D eigenvalue weighted by molar-refractivity contribution is 8.00. The van der Waals surface area contributed by atoms with Crippen LogP contribution in [0.4, 0.5) is 5.95 Å². The van der Waals surface area contributed by atoms with E-state index in [1.807, 2.05) is 11.5 Å². The zero-order valence-corrected chi connectivity index (χ0v) is 19.1. The number of hydrogen-bond acceptors (Lipinski definition) is 7. The van der Waals surface area contributed by atoms with Crippen LogP contribution in [0, 0.1) is 0 Å². The Bertz CT molecular complexity index is 930. The van der Waals surface area contributed by atoms with Gasteiger partial charge in [0.15, 0.2) is 5.16 Å². The van der Waals surface area contributed by atoms with Crippen molar-refractivity contribution in [2.45, 2.75) is 43.1 Å². The van der Waals surface area contributed by atoms with Crippen molar-refractivity contribution in [3.63, 3.8) is 0 Å². The molecule has 4 rings (SSSR count). The first-order valence-electron chi connectivity index (χ1n) is 10.6. The second-order valence-electron chi connectivity index (χ2n) is 7.53. The minimum absolute atomic E-state index is 0.166. The number of nitrogens with zero attached hydrogens (tertiary/aromatic N) is 5. The van der Waals surface area contributed by atoms with E-state index in [0.29, 0.717) is 48.5 Å². The van der Waals surface area contributed by atoms with E-state index in [0.717, 1.165) is 31.9 Å². The second kappa shape index (κ2) is 10.0. The lowest BCUT2D eigenvalue weighted by Gasteiger charge is -2.27. The van der Waals surface area contributed by atoms with Gasteiger partial charge >= 0.3 is 0 Å². The fourth-order valence-corrected chi connectivity index (χ4v) is 5.15. The van der Waals surface area contributed by atoms with E-state index < -0.39 is 0 Å². The van der Waals surface area contributed by atoms with E-state index in [9.17, 15) is 9.59 Å². The summed E-state index contributed by atoms with van der Waals surface area (Å²) in [5.41, 5.74) is 0.467. The third-order valence-electron chi connectivity index (χ3n) is 5.53. The molecular formula is C21H26ClN5O3S. The van der Waals surface area contributed by atoms with E-state index in [-0.39, 0.29) is 17.1 Å². The molecule has 2 aromatic rings. The maximum absolute atomic E-state index is 13.3. The van der Waals surface area contributed by atoms with Gasteiger partial charge in [-0.15, -0.1) is 10.2 Å². The molecule has 1 aromatic carbocycles. The molecule has 3 heterocycles. The predicted octanol–water partition coefficient (Wildman–Crippen LogP) is 3.10. The molecule has 0 saturated carbocycles. The Hall–Kier alpha value is -2.10. The van der Waals surface area contributed by atoms with E-state index in [2.05, 4.69) is 15.1 Å². The molecule has 0 N–H and O–H groups in total. The van der Waals surface area contributed by atoms with Gasteiger partial charge in [-0.3, -0.25) is 19.1 Å². The number of carbonyl (C=O) groups excluding carboxylic acids is 2. The first kappa shape index (κ1) is 22.1. The van der Waals surface area contributed by atoms with Gasteiger partial charge in [0.1, 0.15) is 0 Å². The van der Waals surface area contributed by atoms with Crippen molar-refractivity contribution in [2.24, 2.45) is 0 Å². The average Bonchev–Trinajstić information content (AvgIpc) is 3.11. The molecule has 0 aliphatic carbocycles. The van der Waals surface area contributed by atoms with Crippen molar-refractivity contribution in [1.82, 2.24) is 19.7 Å². The molecule has 2 aliphatic heterocycles. The maximum atomic E-state index is 13.3. The highest BCUT2D eigenvalue weighted by Crippen LogP contribution is 2.32. The van der Waals surface area contributed by atoms with E-state index in [1.54, 1.807) is 24.3 Å². The summed E-state index contributed by atoms with van der Waals surface area (Å²) in [5.74, 6) is 0.365. The van der Waals surface area contributed by atoms with Crippen LogP contribution in [0.15, 0.2) is 29.4 Å². The fourth-order valence-electron chi connectivity index (χ4n) is 3.84. The lowest BCUT2D eigenvalue weighted by molar-refractivity contribution is -0.127. The zero-order chi connectivity index (χ0) is 21.8. The highest BCUT2D eigenvalue weighted by atomic mass is 35.5. The summed E-state index contributed by atoms with van der Waals surface area (Å²) in [6, 6.07) is 6.65. The van der Waals surface area contributed by atoms with Gasteiger partial charge in [0, 0.05) is 36.8 Å². The predicted molar refractivity (Wildman–Crippen MR) is 120 cm³/mol. The highest BCUT2D eigenvalue weighted by Gasteiger charge is 2.34. The van der Waals surface area contributed by atoms with Crippen LogP contribution in [0.5, 0.6) is 0 Å². The molecule has 0 spiro atoms. The number of likely N-dealkylation sites (tertiary alicyclic amines) is 1. The summed E-state index contributed by atoms with van der Waals surface area (Å²) in [7, 11) is 0. The van der Waals surface area contributed by atoms with Gasteiger partial charge in [-0.1, -0.05) is 29.8 Å². The standard InChI is InChI=1S/C21H26ClN5O3S/c1-2-26-20(25-11-13-30-14-12-25)23-24-21(26)31-17-5-3-4-10-27(19(17)29)18(28)15-6-8-16(22)9-7-15/h6-9,17H,2-5,10-14H2,1H3. The Morgan fingerprint density at radius 3 is 2.61 bits per heavy atom. The minimum Gasteiger partial charge on any atom is -0.378 e. The number of ether oxygens (including phenoxy) is 1. The molecule has 2 fully saturated rings. The lowest BCUT2D eigenvalue weighted by atomic mass is 10.2. The number of thioether (sulfide) groups is 1. The summed E-state index contributed by atoms with van der Waals surface area (Å²) in [6.07, 6.45) is 2.38. The molecule has 8 nitrogen and oxygen atoms in total. The minimum atomic E-state index is -0.370. The number of rotatable bonds is 5. The Kier molecular flexibility index (Phi) is 7.14. The van der Waals surface area contributed by atoms with E-state index in [4.69, 9.17) is 16.3 Å². The first-order chi connectivity index (χ1) is 15.1. The number of carbonyl (C=O) groups is 2. The van der Waals surface area contributed by atoms with E-state index >= 15 is 0 Å². The molecular weight excluding hydrogens is 438 g/mol. The van der Waals surface area contributed by atoms with Crippen LogP contribution in [0.1, 0.15) is 36.5 Å². The number of halogens is 1. The normalized spacial score (nSPS) is 20.1. The molecule has 0 radical (unpaired) electrons. The molecule has 1 atom stereocenters. The fraction of sp³-hybridized carbons (Fsp3) is 0.524. The van der Waals surface area contributed by atoms with Crippen LogP contribution in [-0.2, 0) is 16.1 Å². The van der Waals surface area contributed by atoms with Gasteiger partial charge in [-0.2, -0.15) is 0 Å². The number of imide groups is 1. The van der Waals surface area contributed by atoms with Crippen LogP contribution >= 0.6 is 23.4 Å². The largest absolute Gasteiger partial charge is 0.378 e. The third kappa shape index (κ3) is 4.88. The van der Waals surface area contributed by atoms with Crippen LogP contribution < -0.4 is 4.90 Å². The first-order valence-corrected chi connectivity index (χ1v) is 11.9. The van der Waals surface area contributed by atoms with Crippen molar-refractivity contribution >= 4 is 41.1 Å². The van der Waals surface area contributed by atoms with Crippen LogP contribution in [0.3, 0.4) is 0 Å². The summed E-state index contributed by atoms with van der Waals surface area (Å²) < 4.78 is 7.48. The number of benzene rings is 1. The Morgan fingerprint density at radius 1 is 1.16 bits per heavy atom. The van der Waals surface area contributed by atoms with Gasteiger partial charge in [-0.05, 0) is 44.0 Å². The van der Waals surface area contributed by atoms with Gasteiger partial charge in [0.25, 0.3) is 5.91 Å². The number of anilines is 1. The Balaban J connectivity index is 1.52. The average molecular weight is 464 g/mol. The van der Waals surface area contributed by atoms with Crippen LogP contribution in [-0.4, -0.2) is 69.6 Å². The lowest BCUT2D eigenvalue weighted by Crippen LogP contribution is -2.41. The van der Waals surface area contributed by atoms with E-state index in [1.165, 1.54) is 16.7 Å². The van der Waals surface area contributed by atoms with Crippen LogP contribution in [0.2, 0.25) is 5.02 Å². The van der Waals surface area contributed by atoms with Gasteiger partial charge in [0.05, 0.1) is 18.5 Å². The number of aromatic nitrogens is 3. The molecule has 31 heavy (non-hydrogen) atoms. The van der Waals surface area contributed by atoms with Crippen LogP contribution in [0.25, 0.3) is 0 Å². The summed E-state index contributed by atoms with van der Waals surface area (Å²) in [4.78, 5) is 29.9. The summed E-state index contributed by atoms with van der Waals surface area (Å²) in [5, 5.41) is 9.67. The topological polar surface area (TPSA) is 80.6 Å². The number of amides is 2. The summed E-state index contributed by atoms with van der Waals surface area (Å²) in [6.45, 7) is 6.06. The molecule has 10 heteroatoms. The van der Waals surface area contributed by atoms with Crippen molar-refractivity contribution in [2.75, 3.05) is 37.7 Å². The molecule has 2 saturated heterocycles. The molecule has 0 bridgehead atoms. The quantitative estimate of drug-likeness (QED) is 0.630. The van der Waals surface area contributed by atoms with Gasteiger partial charge < -0.3 is 9.64 Å². The molecule has 166 valence electrons. The Labute approximate surface area is 190 Å². The van der Waals surface area contributed by atoms with Gasteiger partial charge in [-0.25, -0.2) is 0 Å². The smallest absolute Gasteiger partial charge is 0.260 e. The third-order valence-corrected chi connectivity index (χ3v) is 7.02. The molecule has 2 aliphatic rings. The molecule has 1 aromatic heterocycles. The molecule has 2 amide bonds. The second-order valence-corrected chi connectivity index (χ2v) is 9.14. The SMILES string of the molecule is CCn1c(SC2CCCCN(C(=O)c3ccc(Cl)cc3)C2=O)nnc1N1CCOCC1. The van der Waals surface area contributed by atoms with Gasteiger partial charge in [0.2, 0.25) is 11.9 Å². The maximum Gasteiger partial charge on any atom is 0.260 e. The van der Waals surface area contributed by atoms with Crippen molar-refractivity contribution < 1.29 is 14.3 Å². The van der Waals surface area contributed by atoms with Crippen molar-refractivity contribution in [3.8, 4) is 0 Å². The zero-order valence-electron chi connectivity index (χ0n) is 17.5. The number of morpholine rings is 1. The Morgan fingerprint density at radius 2 is 1.90 bits per heavy atom. The molecule has 1 unspecified atom stereocenters. The number of hydrogen-bond donors (Lipinski definition) is 0.